The molecule has 3 aromatic carbocycles. The van der Waals surface area contributed by atoms with Gasteiger partial charge in [0.05, 0.1) is 46.0 Å². The van der Waals surface area contributed by atoms with E-state index in [1.807, 2.05) is 20.8 Å². The van der Waals surface area contributed by atoms with Gasteiger partial charge in [-0.2, -0.15) is 0 Å². The van der Waals surface area contributed by atoms with Crippen LogP contribution >= 0.6 is 31.0 Å². The van der Waals surface area contributed by atoms with E-state index >= 15 is 8.78 Å². The van der Waals surface area contributed by atoms with Crippen LogP contribution in [0.15, 0.2) is 59.6 Å². The number of carbonyl (C=O) groups is 2. The van der Waals surface area contributed by atoms with Gasteiger partial charge in [0, 0.05) is 35.8 Å². The van der Waals surface area contributed by atoms with E-state index in [4.69, 9.17) is 46.2 Å². The van der Waals surface area contributed by atoms with E-state index in [-0.39, 0.29) is 43.6 Å². The molecule has 0 aromatic heterocycles. The van der Waals surface area contributed by atoms with Gasteiger partial charge in [0.25, 0.3) is 0 Å². The molecule has 312 valence electrons. The van der Waals surface area contributed by atoms with Crippen molar-refractivity contribution in [3.8, 4) is 5.75 Å². The number of ether oxygens (including phenoxy) is 2. The highest BCUT2D eigenvalue weighted by Crippen LogP contribution is 2.56. The zero-order valence-electron chi connectivity index (χ0n) is 34.1. The molecule has 4 atom stereocenters. The quantitative estimate of drug-likeness (QED) is 0.0746. The fourth-order valence-electron chi connectivity index (χ4n) is 6.96. The number of nitrogens with one attached hydrogen (secondary N) is 2. The maximum absolute atomic E-state index is 16.2. The minimum atomic E-state index is -4.17. The predicted molar refractivity (Wildman–Crippen MR) is 219 cm³/mol. The number of halogens is 4. The molecule has 0 unspecified atom stereocenters. The van der Waals surface area contributed by atoms with Gasteiger partial charge in [-0.1, -0.05) is 62.2 Å². The number of nitrogens with zero attached hydrogens (tertiary/aromatic N) is 1. The minimum absolute atomic E-state index is 0.0104. The van der Waals surface area contributed by atoms with Crippen LogP contribution in [0.5, 0.6) is 5.75 Å². The largest absolute Gasteiger partial charge is 0.495 e. The number of rotatable bonds is 13. The average molecular weight is 855 g/mol. The third-order valence-corrected chi connectivity index (χ3v) is 11.3. The van der Waals surface area contributed by atoms with Crippen molar-refractivity contribution in [3.05, 3.63) is 93.0 Å². The molecule has 1 fully saturated rings. The number of anilines is 1. The molecule has 11 nitrogen and oxygen atoms in total. The van der Waals surface area contributed by atoms with Crippen LogP contribution in [0.4, 0.5) is 14.5 Å². The van der Waals surface area contributed by atoms with Gasteiger partial charge in [-0.15, -0.1) is 0 Å². The number of hydrogen-bond donors (Lipinski definition) is 2. The van der Waals surface area contributed by atoms with Crippen molar-refractivity contribution < 1.29 is 46.0 Å². The van der Waals surface area contributed by atoms with Crippen molar-refractivity contribution in [2.45, 2.75) is 103 Å². The zero-order chi connectivity index (χ0) is 42.7. The minimum Gasteiger partial charge on any atom is -0.495 e. The number of hydrogen-bond acceptors (Lipinski definition) is 10. The highest BCUT2D eigenvalue weighted by atomic mass is 35.5. The molecule has 3 aromatic rings. The first-order valence-electron chi connectivity index (χ1n) is 18.2. The van der Waals surface area contributed by atoms with Crippen LogP contribution in [0.2, 0.25) is 10.0 Å². The monoisotopic (exact) mass is 853 g/mol. The maximum atomic E-state index is 16.2. The van der Waals surface area contributed by atoms with Crippen LogP contribution in [-0.4, -0.2) is 62.3 Å². The first-order chi connectivity index (χ1) is 26.3. The standard InChI is InChI=1S/C41H52Cl2F2N3O8P/c1-38(2,3)21-32-41(22-46-10,27-17-16-25(42)20-29(27)44)33(26-13-12-14-28(43)34(26)45)35(48-32)36(49)47-30-18-15-24(19-31(30)52-11)37(50)53-23-54-57(51,55-39(4,5)6)56-40(7,8)9/h12-20,22,32-33,35,48H,21,23H2,1-11H3,(H,47,49)/t32-,33-,35+,41-/m0/s1. The summed E-state index contributed by atoms with van der Waals surface area (Å²) in [7, 11) is -1.29. The van der Waals surface area contributed by atoms with E-state index < -0.39 is 72.7 Å². The summed E-state index contributed by atoms with van der Waals surface area (Å²) in [5, 5.41) is 6.27. The van der Waals surface area contributed by atoms with Crippen molar-refractivity contribution in [2.24, 2.45) is 10.4 Å². The highest BCUT2D eigenvalue weighted by Gasteiger charge is 2.59. The summed E-state index contributed by atoms with van der Waals surface area (Å²) in [6.45, 7) is 15.3. The third kappa shape index (κ3) is 11.4. The fraction of sp³-hybridized carbons (Fsp3) is 0.488. The molecule has 57 heavy (non-hydrogen) atoms. The van der Waals surface area contributed by atoms with Crippen LogP contribution in [0.3, 0.4) is 0 Å². The molecule has 0 radical (unpaired) electrons. The number of benzene rings is 3. The van der Waals surface area contributed by atoms with Crippen molar-refractivity contribution >= 4 is 54.8 Å². The molecule has 0 bridgehead atoms. The Labute approximate surface area is 343 Å². The summed E-state index contributed by atoms with van der Waals surface area (Å²) < 4.78 is 73.1. The Kier molecular flexibility index (Phi) is 14.5. The summed E-state index contributed by atoms with van der Waals surface area (Å²) in [5.41, 5.74) is -3.19. The normalized spacial score (nSPS) is 20.5. The Morgan fingerprint density at radius 1 is 0.965 bits per heavy atom. The van der Waals surface area contributed by atoms with E-state index in [2.05, 4.69) is 15.6 Å². The molecule has 1 aliphatic heterocycles. The second-order valence-corrected chi connectivity index (χ2v) is 19.3. The first-order valence-corrected chi connectivity index (χ1v) is 20.5. The summed E-state index contributed by atoms with van der Waals surface area (Å²) in [6.07, 6.45) is 1.97. The van der Waals surface area contributed by atoms with Crippen LogP contribution < -0.4 is 15.4 Å². The molecule has 0 spiro atoms. The topological polar surface area (TPSA) is 134 Å². The lowest BCUT2D eigenvalue weighted by Crippen LogP contribution is -2.47. The number of carbonyl (C=O) groups excluding carboxylic acids is 2. The molecule has 1 aliphatic rings. The maximum Gasteiger partial charge on any atom is 0.478 e. The van der Waals surface area contributed by atoms with Gasteiger partial charge in [-0.3, -0.25) is 18.8 Å². The lowest BCUT2D eigenvalue weighted by atomic mass is 9.62. The van der Waals surface area contributed by atoms with Crippen LogP contribution in [-0.2, 0) is 33.1 Å². The number of aliphatic imine (C=N–C) groups is 1. The summed E-state index contributed by atoms with van der Waals surface area (Å²) in [5.74, 6) is -3.91. The van der Waals surface area contributed by atoms with E-state index in [0.29, 0.717) is 6.42 Å². The lowest BCUT2D eigenvalue weighted by molar-refractivity contribution is -0.118. The van der Waals surface area contributed by atoms with Crippen LogP contribution in [0, 0.1) is 17.0 Å². The molecule has 2 N–H and O–H groups in total. The van der Waals surface area contributed by atoms with Gasteiger partial charge < -0.3 is 20.1 Å². The number of esters is 1. The molecule has 1 saturated heterocycles. The smallest absolute Gasteiger partial charge is 0.478 e. The summed E-state index contributed by atoms with van der Waals surface area (Å²) >= 11 is 12.5. The van der Waals surface area contributed by atoms with E-state index in [1.54, 1.807) is 59.9 Å². The summed E-state index contributed by atoms with van der Waals surface area (Å²) in [4.78, 5) is 32.1. The average Bonchev–Trinajstić information content (AvgIpc) is 3.36. The van der Waals surface area contributed by atoms with Gasteiger partial charge in [-0.25, -0.2) is 22.7 Å². The highest BCUT2D eigenvalue weighted by molar-refractivity contribution is 7.48. The molecule has 16 heteroatoms. The Morgan fingerprint density at radius 2 is 1.61 bits per heavy atom. The predicted octanol–water partition coefficient (Wildman–Crippen LogP) is 10.3. The van der Waals surface area contributed by atoms with Gasteiger partial charge in [0.1, 0.15) is 17.4 Å². The molecule has 4 rings (SSSR count). The fourth-order valence-corrected chi connectivity index (χ4v) is 8.97. The van der Waals surface area contributed by atoms with Gasteiger partial charge in [0.2, 0.25) is 12.7 Å². The third-order valence-electron chi connectivity index (χ3n) is 8.83. The molecular formula is C41H52Cl2F2N3O8P. The lowest BCUT2D eigenvalue weighted by Gasteiger charge is -2.40. The van der Waals surface area contributed by atoms with Crippen LogP contribution in [0.1, 0.15) is 96.1 Å². The van der Waals surface area contributed by atoms with Crippen molar-refractivity contribution in [3.63, 3.8) is 0 Å². The molecule has 0 saturated carbocycles. The number of methoxy groups -OCH3 is 1. The molecular weight excluding hydrogens is 802 g/mol. The molecule has 1 amide bonds. The van der Waals surface area contributed by atoms with E-state index in [1.165, 1.54) is 56.6 Å². The van der Waals surface area contributed by atoms with Crippen molar-refractivity contribution in [1.82, 2.24) is 5.32 Å². The summed E-state index contributed by atoms with van der Waals surface area (Å²) in [6, 6.07) is 11.0. The Bertz CT molecular complexity index is 2010. The second kappa shape index (κ2) is 17.8. The Morgan fingerprint density at radius 3 is 2.18 bits per heavy atom. The molecule has 0 aliphatic carbocycles. The van der Waals surface area contributed by atoms with E-state index in [9.17, 15) is 14.2 Å². The first kappa shape index (κ1) is 46.3. The number of amides is 1. The Hall–Kier alpha value is -3.42. The van der Waals surface area contributed by atoms with E-state index in [0.717, 1.165) is 0 Å². The molecule has 1 heterocycles. The zero-order valence-corrected chi connectivity index (χ0v) is 36.5. The van der Waals surface area contributed by atoms with Crippen molar-refractivity contribution in [2.75, 3.05) is 26.3 Å². The Balaban J connectivity index is 1.72. The van der Waals surface area contributed by atoms with Gasteiger partial charge in [-0.05, 0) is 95.3 Å². The van der Waals surface area contributed by atoms with Gasteiger partial charge >= 0.3 is 13.8 Å². The second-order valence-electron chi connectivity index (χ2n) is 17.0. The van der Waals surface area contributed by atoms with Crippen LogP contribution in [0.25, 0.3) is 0 Å². The van der Waals surface area contributed by atoms with Crippen molar-refractivity contribution in [1.29, 1.82) is 0 Å². The van der Waals surface area contributed by atoms with Gasteiger partial charge in [0.15, 0.2) is 0 Å². The number of phosphoric acid groups is 1. The SMILES string of the molecule is CN=C[C@]1(c2ccc(Cl)cc2F)[C@H](CC(C)(C)C)N[C@@H](C(=O)Nc2ccc(C(=O)OCOP(=O)(OC(C)(C)C)OC(C)(C)C)cc2OC)[C@@H]1c1cccc(Cl)c1F. The number of phosphoric ester groups is 1.